The van der Waals surface area contributed by atoms with E-state index in [-0.39, 0.29) is 0 Å². The van der Waals surface area contributed by atoms with E-state index in [0.29, 0.717) is 6.04 Å². The van der Waals surface area contributed by atoms with Gasteiger partial charge in [0.15, 0.2) is 11.5 Å². The first kappa shape index (κ1) is 16.7. The highest BCUT2D eigenvalue weighted by Gasteiger charge is 2.07. The molecule has 0 aliphatic carbocycles. The molecule has 3 heteroatoms. The molecule has 0 spiro atoms. The van der Waals surface area contributed by atoms with E-state index in [2.05, 4.69) is 19.2 Å². The molecule has 0 heterocycles. The monoisotopic (exact) mass is 279 g/mol. The second-order valence-electron chi connectivity index (χ2n) is 5.32. The molecular formula is C17H29NO2. The van der Waals surface area contributed by atoms with Gasteiger partial charge in [-0.2, -0.15) is 0 Å². The normalized spacial score (nSPS) is 12.0. The van der Waals surface area contributed by atoms with Crippen molar-refractivity contribution in [3.05, 3.63) is 18.2 Å². The molecule has 1 N–H and O–H groups in total. The van der Waals surface area contributed by atoms with Crippen LogP contribution in [0.4, 0.5) is 5.69 Å². The molecule has 1 atom stereocenters. The number of nitrogens with one attached hydrogen (secondary N) is 1. The lowest BCUT2D eigenvalue weighted by Crippen LogP contribution is -2.14. The summed E-state index contributed by atoms with van der Waals surface area (Å²) in [7, 11) is 3.32. The summed E-state index contributed by atoms with van der Waals surface area (Å²) >= 11 is 0. The van der Waals surface area contributed by atoms with Crippen molar-refractivity contribution >= 4 is 5.69 Å². The summed E-state index contributed by atoms with van der Waals surface area (Å²) < 4.78 is 10.6. The smallest absolute Gasteiger partial charge is 0.162 e. The van der Waals surface area contributed by atoms with E-state index < -0.39 is 0 Å². The van der Waals surface area contributed by atoms with Gasteiger partial charge >= 0.3 is 0 Å². The lowest BCUT2D eigenvalue weighted by molar-refractivity contribution is 0.355. The van der Waals surface area contributed by atoms with Crippen LogP contribution in [0, 0.1) is 0 Å². The summed E-state index contributed by atoms with van der Waals surface area (Å²) in [5.41, 5.74) is 1.09. The number of anilines is 1. The predicted molar refractivity (Wildman–Crippen MR) is 86.0 cm³/mol. The Morgan fingerprint density at radius 2 is 1.70 bits per heavy atom. The lowest BCUT2D eigenvalue weighted by atomic mass is 10.1. The van der Waals surface area contributed by atoms with Crippen LogP contribution in [-0.2, 0) is 0 Å². The van der Waals surface area contributed by atoms with Gasteiger partial charge in [0.25, 0.3) is 0 Å². The summed E-state index contributed by atoms with van der Waals surface area (Å²) in [5.74, 6) is 1.54. The maximum atomic E-state index is 5.32. The van der Waals surface area contributed by atoms with Crippen molar-refractivity contribution in [3.63, 3.8) is 0 Å². The van der Waals surface area contributed by atoms with Crippen LogP contribution < -0.4 is 14.8 Å². The standard InChI is InChI=1S/C17H29NO2/c1-5-6-7-8-9-10-14(2)18-15-11-12-16(19-3)17(13-15)20-4/h11-14,18H,5-10H2,1-4H3. The molecule has 0 saturated heterocycles. The first-order valence-electron chi connectivity index (χ1n) is 7.69. The molecule has 114 valence electrons. The van der Waals surface area contributed by atoms with E-state index in [1.807, 2.05) is 18.2 Å². The molecule has 0 bridgehead atoms. The first-order valence-corrected chi connectivity index (χ1v) is 7.69. The Balaban J connectivity index is 2.39. The van der Waals surface area contributed by atoms with E-state index in [9.17, 15) is 0 Å². The van der Waals surface area contributed by atoms with Crippen molar-refractivity contribution in [1.82, 2.24) is 0 Å². The first-order chi connectivity index (χ1) is 9.71. The quantitative estimate of drug-likeness (QED) is 0.620. The molecule has 1 rings (SSSR count). The minimum atomic E-state index is 0.481. The van der Waals surface area contributed by atoms with E-state index in [4.69, 9.17) is 9.47 Å². The fourth-order valence-corrected chi connectivity index (χ4v) is 2.34. The fourth-order valence-electron chi connectivity index (χ4n) is 2.34. The number of benzene rings is 1. The molecule has 20 heavy (non-hydrogen) atoms. The summed E-state index contributed by atoms with van der Waals surface area (Å²) in [4.78, 5) is 0. The van der Waals surface area contributed by atoms with E-state index in [0.717, 1.165) is 17.2 Å². The van der Waals surface area contributed by atoms with Crippen LogP contribution in [0.2, 0.25) is 0 Å². The van der Waals surface area contributed by atoms with E-state index in [1.165, 1.54) is 38.5 Å². The topological polar surface area (TPSA) is 30.5 Å². The van der Waals surface area contributed by atoms with Crippen molar-refractivity contribution in [2.75, 3.05) is 19.5 Å². The van der Waals surface area contributed by atoms with E-state index >= 15 is 0 Å². The van der Waals surface area contributed by atoms with Crippen LogP contribution >= 0.6 is 0 Å². The Kier molecular flexibility index (Phi) is 7.93. The summed E-state index contributed by atoms with van der Waals surface area (Å²) in [6, 6.07) is 6.45. The highest BCUT2D eigenvalue weighted by Crippen LogP contribution is 2.30. The Morgan fingerprint density at radius 3 is 2.35 bits per heavy atom. The van der Waals surface area contributed by atoms with Gasteiger partial charge in [-0.3, -0.25) is 0 Å². The number of hydrogen-bond donors (Lipinski definition) is 1. The highest BCUT2D eigenvalue weighted by atomic mass is 16.5. The Bertz CT molecular complexity index is 379. The minimum Gasteiger partial charge on any atom is -0.493 e. The van der Waals surface area contributed by atoms with Gasteiger partial charge in [-0.15, -0.1) is 0 Å². The van der Waals surface area contributed by atoms with Crippen LogP contribution in [0.1, 0.15) is 52.4 Å². The zero-order chi connectivity index (χ0) is 14.8. The lowest BCUT2D eigenvalue weighted by Gasteiger charge is -2.16. The predicted octanol–water partition coefficient (Wildman–Crippen LogP) is 4.86. The molecule has 0 aromatic heterocycles. The van der Waals surface area contributed by atoms with Gasteiger partial charge in [0.1, 0.15) is 0 Å². The zero-order valence-electron chi connectivity index (χ0n) is 13.4. The third kappa shape index (κ3) is 5.72. The van der Waals surface area contributed by atoms with Gasteiger partial charge in [0.2, 0.25) is 0 Å². The highest BCUT2D eigenvalue weighted by molar-refractivity contribution is 5.55. The van der Waals surface area contributed by atoms with Crippen molar-refractivity contribution in [3.8, 4) is 11.5 Å². The molecular weight excluding hydrogens is 250 g/mol. The third-order valence-corrected chi connectivity index (χ3v) is 3.54. The van der Waals surface area contributed by atoms with Crippen molar-refractivity contribution in [2.24, 2.45) is 0 Å². The Hall–Kier alpha value is -1.38. The Morgan fingerprint density at radius 1 is 1.00 bits per heavy atom. The third-order valence-electron chi connectivity index (χ3n) is 3.54. The van der Waals surface area contributed by atoms with Crippen LogP contribution in [0.5, 0.6) is 11.5 Å². The van der Waals surface area contributed by atoms with Gasteiger partial charge in [-0.05, 0) is 25.5 Å². The Labute approximate surface area is 123 Å². The van der Waals surface area contributed by atoms with Gasteiger partial charge in [-0.25, -0.2) is 0 Å². The van der Waals surface area contributed by atoms with E-state index in [1.54, 1.807) is 14.2 Å². The SMILES string of the molecule is CCCCCCCC(C)Nc1ccc(OC)c(OC)c1. The van der Waals surface area contributed by atoms with Crippen LogP contribution in [-0.4, -0.2) is 20.3 Å². The summed E-state index contributed by atoms with van der Waals surface area (Å²) in [6.07, 6.45) is 7.86. The number of hydrogen-bond acceptors (Lipinski definition) is 3. The van der Waals surface area contributed by atoms with Crippen molar-refractivity contribution in [2.45, 2.75) is 58.4 Å². The maximum absolute atomic E-state index is 5.32. The van der Waals surface area contributed by atoms with Gasteiger partial charge in [0, 0.05) is 17.8 Å². The molecule has 0 amide bonds. The summed E-state index contributed by atoms with van der Waals surface area (Å²) in [6.45, 7) is 4.48. The second-order valence-corrected chi connectivity index (χ2v) is 5.32. The van der Waals surface area contributed by atoms with Crippen molar-refractivity contribution in [1.29, 1.82) is 0 Å². The van der Waals surface area contributed by atoms with Crippen LogP contribution in [0.3, 0.4) is 0 Å². The second kappa shape index (κ2) is 9.51. The average molecular weight is 279 g/mol. The number of ether oxygens (including phenoxy) is 2. The molecule has 0 aliphatic rings. The maximum Gasteiger partial charge on any atom is 0.162 e. The molecule has 0 radical (unpaired) electrons. The zero-order valence-corrected chi connectivity index (χ0v) is 13.4. The number of methoxy groups -OCH3 is 2. The number of unbranched alkanes of at least 4 members (excludes halogenated alkanes) is 4. The van der Waals surface area contributed by atoms with Gasteiger partial charge < -0.3 is 14.8 Å². The minimum absolute atomic E-state index is 0.481. The molecule has 0 aliphatic heterocycles. The molecule has 0 fully saturated rings. The molecule has 1 aromatic carbocycles. The summed E-state index contributed by atoms with van der Waals surface area (Å²) in [5, 5.41) is 3.52. The van der Waals surface area contributed by atoms with Crippen LogP contribution in [0.25, 0.3) is 0 Å². The largest absolute Gasteiger partial charge is 0.493 e. The molecule has 1 aromatic rings. The molecule has 0 saturated carbocycles. The molecule has 1 unspecified atom stereocenters. The fraction of sp³-hybridized carbons (Fsp3) is 0.647. The number of rotatable bonds is 10. The molecule has 3 nitrogen and oxygen atoms in total. The van der Waals surface area contributed by atoms with Gasteiger partial charge in [-0.1, -0.05) is 39.0 Å². The van der Waals surface area contributed by atoms with Crippen LogP contribution in [0.15, 0.2) is 18.2 Å². The van der Waals surface area contributed by atoms with Crippen molar-refractivity contribution < 1.29 is 9.47 Å². The van der Waals surface area contributed by atoms with Gasteiger partial charge in [0.05, 0.1) is 14.2 Å². The average Bonchev–Trinajstić information content (AvgIpc) is 2.46.